The number of rotatable bonds is 2. The molecule has 0 bridgehead atoms. The highest BCUT2D eigenvalue weighted by Crippen LogP contribution is 2.15. The molecule has 0 atom stereocenters. The fraction of sp³-hybridized carbons (Fsp3) is 0.273. The Morgan fingerprint density at radius 2 is 2.13 bits per heavy atom. The molecule has 2 rings (SSSR count). The number of aryl methyl sites for hydroxylation is 2. The van der Waals surface area contributed by atoms with Crippen LogP contribution in [0.15, 0.2) is 24.4 Å². The summed E-state index contributed by atoms with van der Waals surface area (Å²) >= 11 is 3.36. The molecule has 2 aromatic rings. The van der Waals surface area contributed by atoms with Crippen molar-refractivity contribution in [1.82, 2.24) is 15.0 Å². The van der Waals surface area contributed by atoms with E-state index in [-0.39, 0.29) is 0 Å². The number of hydrogen-bond acceptors (Lipinski definition) is 2. The van der Waals surface area contributed by atoms with Gasteiger partial charge in [0.1, 0.15) is 0 Å². The topological polar surface area (TPSA) is 30.7 Å². The number of benzene rings is 1. The van der Waals surface area contributed by atoms with Crippen molar-refractivity contribution in [2.75, 3.05) is 0 Å². The molecule has 0 aliphatic heterocycles. The van der Waals surface area contributed by atoms with E-state index in [2.05, 4.69) is 58.3 Å². The summed E-state index contributed by atoms with van der Waals surface area (Å²) in [4.78, 5) is 0. The lowest BCUT2D eigenvalue weighted by atomic mass is 10.1. The summed E-state index contributed by atoms with van der Waals surface area (Å²) in [5.41, 5.74) is 4.49. The van der Waals surface area contributed by atoms with E-state index in [9.17, 15) is 0 Å². The van der Waals surface area contributed by atoms with Crippen LogP contribution < -0.4 is 0 Å². The summed E-state index contributed by atoms with van der Waals surface area (Å²) in [6, 6.07) is 6.29. The molecule has 0 fully saturated rings. The Morgan fingerprint density at radius 3 is 2.73 bits per heavy atom. The molecule has 1 aromatic heterocycles. The Kier molecular flexibility index (Phi) is 2.86. The van der Waals surface area contributed by atoms with Crippen LogP contribution in [0.5, 0.6) is 0 Å². The van der Waals surface area contributed by atoms with Crippen LogP contribution in [0, 0.1) is 13.8 Å². The molecule has 0 saturated heterocycles. The molecule has 0 aliphatic rings. The van der Waals surface area contributed by atoms with Crippen LogP contribution in [0.2, 0.25) is 0 Å². The summed E-state index contributed by atoms with van der Waals surface area (Å²) in [5.74, 6) is 0. The number of hydrogen-bond donors (Lipinski definition) is 0. The second-order valence-electron chi connectivity index (χ2n) is 3.58. The van der Waals surface area contributed by atoms with Crippen molar-refractivity contribution < 1.29 is 0 Å². The summed E-state index contributed by atoms with van der Waals surface area (Å²) in [5, 5.41) is 8.86. The summed E-state index contributed by atoms with van der Waals surface area (Å²) in [7, 11) is 0. The van der Waals surface area contributed by atoms with E-state index in [1.807, 2.05) is 10.9 Å². The lowest BCUT2D eigenvalue weighted by Gasteiger charge is -2.05. The molecule has 78 valence electrons. The van der Waals surface area contributed by atoms with Crippen molar-refractivity contribution >= 4 is 15.9 Å². The van der Waals surface area contributed by atoms with Crippen molar-refractivity contribution in [1.29, 1.82) is 0 Å². The largest absolute Gasteiger partial charge is 0.220 e. The lowest BCUT2D eigenvalue weighted by Crippen LogP contribution is -1.97. The van der Waals surface area contributed by atoms with Crippen LogP contribution in [0.25, 0.3) is 5.69 Å². The molecule has 0 amide bonds. The van der Waals surface area contributed by atoms with Gasteiger partial charge in [-0.05, 0) is 25.5 Å². The third kappa shape index (κ3) is 2.09. The quantitative estimate of drug-likeness (QED) is 0.782. The first-order valence-electron chi connectivity index (χ1n) is 4.75. The maximum atomic E-state index is 4.08. The molecular formula is C11H12BrN3. The first kappa shape index (κ1) is 10.4. The van der Waals surface area contributed by atoms with Crippen LogP contribution in [-0.4, -0.2) is 15.0 Å². The molecule has 1 aromatic carbocycles. The monoisotopic (exact) mass is 265 g/mol. The highest BCUT2D eigenvalue weighted by Gasteiger charge is 2.04. The molecular weight excluding hydrogens is 254 g/mol. The second-order valence-corrected chi connectivity index (χ2v) is 4.14. The zero-order valence-corrected chi connectivity index (χ0v) is 10.3. The summed E-state index contributed by atoms with van der Waals surface area (Å²) in [6.45, 7) is 4.17. The van der Waals surface area contributed by atoms with Crippen molar-refractivity contribution in [2.24, 2.45) is 0 Å². The summed E-state index contributed by atoms with van der Waals surface area (Å²) in [6.07, 6.45) is 1.94. The Morgan fingerprint density at radius 1 is 1.33 bits per heavy atom. The Labute approximate surface area is 97.2 Å². The smallest absolute Gasteiger partial charge is 0.0937 e. The van der Waals surface area contributed by atoms with Gasteiger partial charge in [0, 0.05) is 5.33 Å². The minimum absolute atomic E-state index is 0.734. The normalized spacial score (nSPS) is 10.6. The van der Waals surface area contributed by atoms with Crippen molar-refractivity contribution in [3.8, 4) is 5.69 Å². The molecule has 1 heterocycles. The number of aromatic nitrogens is 3. The third-order valence-corrected chi connectivity index (χ3v) is 2.85. The van der Waals surface area contributed by atoms with Gasteiger partial charge in [-0.3, -0.25) is 0 Å². The fourth-order valence-electron chi connectivity index (χ4n) is 1.54. The molecule has 0 N–H and O–H groups in total. The third-order valence-electron chi connectivity index (χ3n) is 2.28. The van der Waals surface area contributed by atoms with Gasteiger partial charge in [0.15, 0.2) is 0 Å². The Balaban J connectivity index is 2.44. The van der Waals surface area contributed by atoms with Gasteiger partial charge >= 0.3 is 0 Å². The number of alkyl halides is 1. The molecule has 15 heavy (non-hydrogen) atoms. The summed E-state index contributed by atoms with van der Waals surface area (Å²) < 4.78 is 1.81. The van der Waals surface area contributed by atoms with E-state index in [1.165, 1.54) is 11.1 Å². The van der Waals surface area contributed by atoms with E-state index < -0.39 is 0 Å². The maximum absolute atomic E-state index is 4.08. The average Bonchev–Trinajstić information content (AvgIpc) is 2.66. The van der Waals surface area contributed by atoms with Crippen LogP contribution >= 0.6 is 15.9 Å². The second kappa shape index (κ2) is 4.14. The predicted octanol–water partition coefficient (Wildman–Crippen LogP) is 2.78. The van der Waals surface area contributed by atoms with Gasteiger partial charge in [-0.15, -0.1) is 5.10 Å². The van der Waals surface area contributed by atoms with Gasteiger partial charge in [-0.2, -0.15) is 0 Å². The van der Waals surface area contributed by atoms with Crippen LogP contribution in [-0.2, 0) is 5.33 Å². The Hall–Kier alpha value is -1.16. The Bertz CT molecular complexity index is 476. The molecule has 0 unspecified atom stereocenters. The molecule has 0 saturated carbocycles. The highest BCUT2D eigenvalue weighted by molar-refractivity contribution is 9.08. The van der Waals surface area contributed by atoms with Gasteiger partial charge < -0.3 is 0 Å². The van der Waals surface area contributed by atoms with E-state index in [0.717, 1.165) is 16.7 Å². The van der Waals surface area contributed by atoms with Crippen molar-refractivity contribution in [2.45, 2.75) is 19.2 Å². The van der Waals surface area contributed by atoms with Gasteiger partial charge in [-0.1, -0.05) is 38.8 Å². The minimum atomic E-state index is 0.734. The maximum Gasteiger partial charge on any atom is 0.0937 e. The first-order chi connectivity index (χ1) is 7.20. The van der Waals surface area contributed by atoms with Gasteiger partial charge in [0.2, 0.25) is 0 Å². The minimum Gasteiger partial charge on any atom is -0.220 e. The standard InChI is InChI=1S/C11H12BrN3/c1-8-3-4-11(9(2)5-8)15-7-10(6-12)13-14-15/h3-5,7H,6H2,1-2H3. The van der Waals surface area contributed by atoms with E-state index in [0.29, 0.717) is 0 Å². The molecule has 4 heteroatoms. The van der Waals surface area contributed by atoms with Crippen LogP contribution in [0.1, 0.15) is 16.8 Å². The molecule has 0 spiro atoms. The van der Waals surface area contributed by atoms with Crippen LogP contribution in [0.3, 0.4) is 0 Å². The average molecular weight is 266 g/mol. The predicted molar refractivity (Wildman–Crippen MR) is 63.5 cm³/mol. The number of halogens is 1. The zero-order chi connectivity index (χ0) is 10.8. The molecule has 0 radical (unpaired) electrons. The van der Waals surface area contributed by atoms with Gasteiger partial charge in [0.05, 0.1) is 17.6 Å². The first-order valence-corrected chi connectivity index (χ1v) is 5.87. The van der Waals surface area contributed by atoms with Crippen molar-refractivity contribution in [3.05, 3.63) is 41.2 Å². The fourth-order valence-corrected chi connectivity index (χ4v) is 1.80. The van der Waals surface area contributed by atoms with Crippen molar-refractivity contribution in [3.63, 3.8) is 0 Å². The lowest BCUT2D eigenvalue weighted by molar-refractivity contribution is 0.795. The molecule has 0 aliphatic carbocycles. The molecule has 3 nitrogen and oxygen atoms in total. The SMILES string of the molecule is Cc1ccc(-n2cc(CBr)nn2)c(C)c1. The number of nitrogens with zero attached hydrogens (tertiary/aromatic N) is 3. The van der Waals surface area contributed by atoms with E-state index in [4.69, 9.17) is 0 Å². The van der Waals surface area contributed by atoms with Crippen LogP contribution in [0.4, 0.5) is 0 Å². The highest BCUT2D eigenvalue weighted by atomic mass is 79.9. The van der Waals surface area contributed by atoms with E-state index >= 15 is 0 Å². The van der Waals surface area contributed by atoms with Gasteiger partial charge in [-0.25, -0.2) is 4.68 Å². The van der Waals surface area contributed by atoms with E-state index in [1.54, 1.807) is 0 Å². The van der Waals surface area contributed by atoms with Gasteiger partial charge in [0.25, 0.3) is 0 Å². The zero-order valence-electron chi connectivity index (χ0n) is 8.74.